The summed E-state index contributed by atoms with van der Waals surface area (Å²) in [4.78, 5) is 36.8. The number of allylic oxidation sites excluding steroid dienone is 10. The van der Waals surface area contributed by atoms with E-state index in [1.54, 1.807) is 21.1 Å². The third-order valence-corrected chi connectivity index (χ3v) is 9.40. The molecule has 0 aromatic rings. The van der Waals surface area contributed by atoms with Crippen molar-refractivity contribution in [2.24, 2.45) is 0 Å². The second-order valence-corrected chi connectivity index (χ2v) is 15.5. The first kappa shape index (κ1) is 52.0. The topological polar surface area (TPSA) is 102 Å². The highest BCUT2D eigenvalue weighted by molar-refractivity contribution is 5.70. The van der Waals surface area contributed by atoms with Crippen molar-refractivity contribution in [1.82, 2.24) is 0 Å². The number of esters is 2. The number of carbonyl (C=O) groups excluding carboxylic acids is 3. The fourth-order valence-electron chi connectivity index (χ4n) is 6.06. The standard InChI is InChI=1S/C47H81NO7/c1-6-8-10-12-14-16-18-20-21-22-23-24-25-26-28-29-31-33-35-37-45(49)54-42-43(41-53-40-39-44(47(51)52)48(3,4)5)55-46(50)38-36-34-32-30-27-19-17-15-13-11-9-7-2/h8-11,14-17,20-21,43-44H,6-7,12-13,18-19,22-42H2,1-5H3/b10-8+,11-9+,16-14+,17-15+,21-20+. The Kier molecular flexibility index (Phi) is 35.9. The number of carboxylic acid groups (broad SMARTS) is 1. The highest BCUT2D eigenvalue weighted by atomic mass is 16.6. The predicted molar refractivity (Wildman–Crippen MR) is 226 cm³/mol. The lowest BCUT2D eigenvalue weighted by Gasteiger charge is -2.34. The Morgan fingerprint density at radius 1 is 0.545 bits per heavy atom. The third-order valence-electron chi connectivity index (χ3n) is 9.40. The fraction of sp³-hybridized carbons (Fsp3) is 0.723. The van der Waals surface area contributed by atoms with E-state index in [-0.39, 0.29) is 42.7 Å². The molecule has 0 radical (unpaired) electrons. The number of hydrogen-bond donors (Lipinski definition) is 0. The van der Waals surface area contributed by atoms with Crippen LogP contribution in [0.25, 0.3) is 0 Å². The van der Waals surface area contributed by atoms with Gasteiger partial charge in [-0.15, -0.1) is 0 Å². The lowest BCUT2D eigenvalue weighted by atomic mass is 10.1. The number of nitrogens with zero attached hydrogens (tertiary/aromatic N) is 1. The molecule has 0 bridgehead atoms. The smallest absolute Gasteiger partial charge is 0.306 e. The maximum Gasteiger partial charge on any atom is 0.306 e. The van der Waals surface area contributed by atoms with Crippen LogP contribution in [-0.4, -0.2) is 75.5 Å². The molecule has 55 heavy (non-hydrogen) atoms. The Bertz CT molecular complexity index is 1090. The van der Waals surface area contributed by atoms with Gasteiger partial charge in [0.2, 0.25) is 0 Å². The van der Waals surface area contributed by atoms with Crippen LogP contribution in [0.15, 0.2) is 60.8 Å². The van der Waals surface area contributed by atoms with Crippen LogP contribution in [0.2, 0.25) is 0 Å². The Morgan fingerprint density at radius 3 is 1.42 bits per heavy atom. The van der Waals surface area contributed by atoms with Crippen LogP contribution in [0.1, 0.15) is 168 Å². The number of rotatable bonds is 38. The maximum absolute atomic E-state index is 12.7. The molecule has 8 nitrogen and oxygen atoms in total. The van der Waals surface area contributed by atoms with Crippen LogP contribution in [-0.2, 0) is 28.6 Å². The van der Waals surface area contributed by atoms with E-state index in [1.165, 1.54) is 38.5 Å². The van der Waals surface area contributed by atoms with E-state index in [0.717, 1.165) is 96.3 Å². The molecule has 0 aliphatic heterocycles. The average molecular weight is 772 g/mol. The zero-order valence-corrected chi connectivity index (χ0v) is 35.8. The minimum absolute atomic E-state index is 0.0312. The van der Waals surface area contributed by atoms with Crippen molar-refractivity contribution in [3.63, 3.8) is 0 Å². The molecule has 0 aliphatic rings. The van der Waals surface area contributed by atoms with E-state index in [2.05, 4.69) is 74.6 Å². The maximum atomic E-state index is 12.7. The van der Waals surface area contributed by atoms with Gasteiger partial charge in [-0.05, 0) is 70.6 Å². The van der Waals surface area contributed by atoms with Gasteiger partial charge in [-0.2, -0.15) is 0 Å². The Labute approximate surface area is 337 Å². The first-order valence-corrected chi connectivity index (χ1v) is 21.8. The molecular weight excluding hydrogens is 691 g/mol. The monoisotopic (exact) mass is 772 g/mol. The van der Waals surface area contributed by atoms with Crippen LogP contribution in [0.4, 0.5) is 0 Å². The molecule has 0 spiro atoms. The quantitative estimate of drug-likeness (QED) is 0.0266. The Morgan fingerprint density at radius 2 is 0.964 bits per heavy atom. The number of carboxylic acids is 1. The lowest BCUT2D eigenvalue weighted by molar-refractivity contribution is -0.889. The van der Waals surface area contributed by atoms with Gasteiger partial charge in [0, 0.05) is 19.3 Å². The van der Waals surface area contributed by atoms with E-state index in [1.807, 2.05) is 0 Å². The highest BCUT2D eigenvalue weighted by Gasteiger charge is 2.25. The van der Waals surface area contributed by atoms with Crippen molar-refractivity contribution < 1.29 is 38.2 Å². The number of carbonyl (C=O) groups is 3. The molecule has 0 amide bonds. The van der Waals surface area contributed by atoms with E-state index in [4.69, 9.17) is 14.2 Å². The molecule has 0 heterocycles. The minimum Gasteiger partial charge on any atom is -0.544 e. The first-order chi connectivity index (χ1) is 26.6. The van der Waals surface area contributed by atoms with Crippen LogP contribution in [0.3, 0.4) is 0 Å². The van der Waals surface area contributed by atoms with Crippen molar-refractivity contribution in [3.8, 4) is 0 Å². The summed E-state index contributed by atoms with van der Waals surface area (Å²) in [6, 6.07) is -0.730. The van der Waals surface area contributed by atoms with Gasteiger partial charge in [0.05, 0.1) is 40.3 Å². The number of aliphatic carboxylic acids is 1. The molecular formula is C47H81NO7. The fourth-order valence-corrected chi connectivity index (χ4v) is 6.06. The van der Waals surface area contributed by atoms with Gasteiger partial charge in [0.15, 0.2) is 6.10 Å². The predicted octanol–water partition coefficient (Wildman–Crippen LogP) is 10.5. The first-order valence-electron chi connectivity index (χ1n) is 21.8. The molecule has 316 valence electrons. The number of unbranched alkanes of at least 4 members (excludes halogenated alkanes) is 14. The van der Waals surface area contributed by atoms with Crippen molar-refractivity contribution in [1.29, 1.82) is 0 Å². The van der Waals surface area contributed by atoms with Gasteiger partial charge < -0.3 is 28.6 Å². The van der Waals surface area contributed by atoms with Gasteiger partial charge >= 0.3 is 11.9 Å². The van der Waals surface area contributed by atoms with Crippen LogP contribution < -0.4 is 5.11 Å². The van der Waals surface area contributed by atoms with Gasteiger partial charge in [-0.1, -0.05) is 139 Å². The molecule has 0 saturated heterocycles. The SMILES string of the molecule is CC/C=C/C/C=C/C/C=C/CCCCCCCCCCCC(=O)OCC(COCCC(C(=O)[O-])[N+](C)(C)C)OC(=O)CCCCCCC/C=C/C/C=C/CC. The van der Waals surface area contributed by atoms with Crippen molar-refractivity contribution in [2.45, 2.75) is 180 Å². The number of quaternary nitrogens is 1. The summed E-state index contributed by atoms with van der Waals surface area (Å²) in [6.45, 7) is 4.41. The molecule has 0 N–H and O–H groups in total. The van der Waals surface area contributed by atoms with E-state index < -0.39 is 18.1 Å². The molecule has 2 atom stereocenters. The Hall–Kier alpha value is -2.97. The molecule has 0 rings (SSSR count). The summed E-state index contributed by atoms with van der Waals surface area (Å²) in [6.07, 6.45) is 45.3. The molecule has 2 unspecified atom stereocenters. The van der Waals surface area contributed by atoms with Gasteiger partial charge in [0.1, 0.15) is 12.6 Å². The third kappa shape index (κ3) is 36.4. The van der Waals surface area contributed by atoms with Crippen molar-refractivity contribution >= 4 is 17.9 Å². The second kappa shape index (κ2) is 37.9. The summed E-state index contributed by atoms with van der Waals surface area (Å²) in [5.41, 5.74) is 0. The zero-order chi connectivity index (χ0) is 40.7. The average Bonchev–Trinajstić information content (AvgIpc) is 3.14. The Balaban J connectivity index is 4.32. The number of likely N-dealkylation sites (N-methyl/N-ethyl adjacent to an activating group) is 1. The van der Waals surface area contributed by atoms with Crippen LogP contribution in [0.5, 0.6) is 0 Å². The number of hydrogen-bond acceptors (Lipinski definition) is 7. The van der Waals surface area contributed by atoms with Crippen LogP contribution >= 0.6 is 0 Å². The lowest BCUT2D eigenvalue weighted by Crippen LogP contribution is -2.55. The molecule has 0 aromatic heterocycles. The normalized spacial score (nSPS) is 13.5. The van der Waals surface area contributed by atoms with E-state index >= 15 is 0 Å². The largest absolute Gasteiger partial charge is 0.544 e. The minimum atomic E-state index is -1.13. The molecule has 0 aromatic carbocycles. The molecule has 0 fully saturated rings. The number of ether oxygens (including phenoxy) is 3. The second-order valence-electron chi connectivity index (χ2n) is 15.5. The molecule has 0 saturated carbocycles. The van der Waals surface area contributed by atoms with Gasteiger partial charge in [0.25, 0.3) is 0 Å². The van der Waals surface area contributed by atoms with Crippen molar-refractivity contribution in [3.05, 3.63) is 60.8 Å². The summed E-state index contributed by atoms with van der Waals surface area (Å²) in [5.74, 6) is -1.77. The van der Waals surface area contributed by atoms with Gasteiger partial charge in [-0.3, -0.25) is 9.59 Å². The zero-order valence-electron chi connectivity index (χ0n) is 35.8. The van der Waals surface area contributed by atoms with Crippen LogP contribution in [0, 0.1) is 0 Å². The van der Waals surface area contributed by atoms with E-state index in [9.17, 15) is 19.5 Å². The summed E-state index contributed by atoms with van der Waals surface area (Å²) >= 11 is 0. The molecule has 0 aliphatic carbocycles. The summed E-state index contributed by atoms with van der Waals surface area (Å²) < 4.78 is 17.1. The van der Waals surface area contributed by atoms with Crippen molar-refractivity contribution in [2.75, 3.05) is 41.0 Å². The summed E-state index contributed by atoms with van der Waals surface area (Å²) in [5, 5.41) is 11.6. The van der Waals surface area contributed by atoms with E-state index in [0.29, 0.717) is 12.8 Å². The highest BCUT2D eigenvalue weighted by Crippen LogP contribution is 2.14. The summed E-state index contributed by atoms with van der Waals surface area (Å²) in [7, 11) is 5.39. The van der Waals surface area contributed by atoms with Gasteiger partial charge in [-0.25, -0.2) is 0 Å². The molecule has 8 heteroatoms.